The molecule has 0 atom stereocenters. The summed E-state index contributed by atoms with van der Waals surface area (Å²) >= 11 is 9.18. The Labute approximate surface area is 126 Å². The molecule has 0 aromatic heterocycles. The van der Waals surface area contributed by atoms with E-state index in [9.17, 15) is 4.79 Å². The van der Waals surface area contributed by atoms with Crippen molar-refractivity contribution in [1.82, 2.24) is 10.4 Å². The monoisotopic (exact) mass is 346 g/mol. The number of ether oxygens (including phenoxy) is 1. The molecule has 1 fully saturated rings. The molecule has 4 nitrogen and oxygen atoms in total. The summed E-state index contributed by atoms with van der Waals surface area (Å²) in [5.74, 6) is 0.474. The summed E-state index contributed by atoms with van der Waals surface area (Å²) in [6.07, 6.45) is 3.49. The van der Waals surface area contributed by atoms with E-state index in [0.717, 1.165) is 30.4 Å². The number of hydrazine groups is 1. The summed E-state index contributed by atoms with van der Waals surface area (Å²) in [5, 5.41) is 2.57. The third-order valence-corrected chi connectivity index (χ3v) is 3.75. The molecule has 1 N–H and O–H groups in total. The summed E-state index contributed by atoms with van der Waals surface area (Å²) < 4.78 is 6.19. The summed E-state index contributed by atoms with van der Waals surface area (Å²) in [4.78, 5) is 11.7. The van der Waals surface area contributed by atoms with Crippen molar-refractivity contribution >= 4 is 33.4 Å². The lowest BCUT2D eigenvalue weighted by molar-refractivity contribution is -0.128. The maximum atomic E-state index is 11.7. The molecule has 104 valence electrons. The van der Waals surface area contributed by atoms with Gasteiger partial charge in [0.2, 0.25) is 0 Å². The molecule has 1 aliphatic heterocycles. The highest BCUT2D eigenvalue weighted by Gasteiger charge is 2.13. The second-order valence-electron chi connectivity index (χ2n) is 4.45. The van der Waals surface area contributed by atoms with Crippen molar-refractivity contribution in [3.05, 3.63) is 27.7 Å². The number of hydrogen-bond acceptors (Lipinski definition) is 3. The van der Waals surface area contributed by atoms with E-state index in [1.54, 1.807) is 18.2 Å². The SMILES string of the molecule is O=C(COc1ccc(Cl)cc1Br)NN1CCCCC1. The van der Waals surface area contributed by atoms with E-state index in [1.807, 2.05) is 5.01 Å². The molecule has 1 amide bonds. The van der Waals surface area contributed by atoms with Crippen LogP contribution < -0.4 is 10.2 Å². The quantitative estimate of drug-likeness (QED) is 0.910. The molecule has 0 spiro atoms. The van der Waals surface area contributed by atoms with Gasteiger partial charge in [0, 0.05) is 18.1 Å². The van der Waals surface area contributed by atoms with Crippen molar-refractivity contribution in [3.63, 3.8) is 0 Å². The zero-order valence-electron chi connectivity index (χ0n) is 10.5. The lowest BCUT2D eigenvalue weighted by Crippen LogP contribution is -2.46. The molecular formula is C13H16BrClN2O2. The van der Waals surface area contributed by atoms with Crippen LogP contribution >= 0.6 is 27.5 Å². The van der Waals surface area contributed by atoms with Gasteiger partial charge >= 0.3 is 0 Å². The Bertz CT molecular complexity index is 450. The van der Waals surface area contributed by atoms with Crippen LogP contribution in [-0.4, -0.2) is 30.6 Å². The minimum Gasteiger partial charge on any atom is -0.483 e. The van der Waals surface area contributed by atoms with Crippen LogP contribution in [0.4, 0.5) is 0 Å². The van der Waals surface area contributed by atoms with Gasteiger partial charge in [0.05, 0.1) is 4.47 Å². The van der Waals surface area contributed by atoms with E-state index in [-0.39, 0.29) is 12.5 Å². The van der Waals surface area contributed by atoms with Crippen LogP contribution in [0.5, 0.6) is 5.75 Å². The Morgan fingerprint density at radius 2 is 2.11 bits per heavy atom. The standard InChI is InChI=1S/C13H16BrClN2O2/c14-11-8-10(15)4-5-12(11)19-9-13(18)16-17-6-2-1-3-7-17/h4-5,8H,1-3,6-7,9H2,(H,16,18). The number of nitrogens with zero attached hydrogens (tertiary/aromatic N) is 1. The maximum Gasteiger partial charge on any atom is 0.272 e. The molecule has 0 saturated carbocycles. The van der Waals surface area contributed by atoms with Crippen molar-refractivity contribution in [2.24, 2.45) is 0 Å². The first-order chi connectivity index (χ1) is 9.15. The first kappa shape index (κ1) is 14.6. The Balaban J connectivity index is 1.79. The van der Waals surface area contributed by atoms with Crippen molar-refractivity contribution < 1.29 is 9.53 Å². The Morgan fingerprint density at radius 3 is 2.79 bits per heavy atom. The minimum absolute atomic E-state index is 0.00324. The first-order valence-electron chi connectivity index (χ1n) is 6.27. The zero-order valence-corrected chi connectivity index (χ0v) is 12.8. The normalized spacial score (nSPS) is 16.1. The van der Waals surface area contributed by atoms with Gasteiger partial charge < -0.3 is 4.74 Å². The summed E-state index contributed by atoms with van der Waals surface area (Å²) in [6.45, 7) is 1.82. The van der Waals surface area contributed by atoms with Crippen molar-refractivity contribution in [2.45, 2.75) is 19.3 Å². The molecule has 0 unspecified atom stereocenters. The molecule has 1 aromatic carbocycles. The van der Waals surface area contributed by atoms with Crippen LogP contribution in [0.25, 0.3) is 0 Å². The number of benzene rings is 1. The predicted octanol–water partition coefficient (Wildman–Crippen LogP) is 3.00. The molecule has 1 heterocycles. The van der Waals surface area contributed by atoms with E-state index in [2.05, 4.69) is 21.4 Å². The van der Waals surface area contributed by atoms with E-state index < -0.39 is 0 Å². The Hall–Kier alpha value is -0.780. The highest BCUT2D eigenvalue weighted by atomic mass is 79.9. The fourth-order valence-electron chi connectivity index (χ4n) is 1.95. The maximum absolute atomic E-state index is 11.7. The number of nitrogens with one attached hydrogen (secondary N) is 1. The van der Waals surface area contributed by atoms with E-state index in [0.29, 0.717) is 10.8 Å². The molecule has 1 aliphatic rings. The largest absolute Gasteiger partial charge is 0.483 e. The van der Waals surface area contributed by atoms with Crippen LogP contribution in [-0.2, 0) is 4.79 Å². The van der Waals surface area contributed by atoms with Gasteiger partial charge in [0.15, 0.2) is 6.61 Å². The number of carbonyl (C=O) groups excluding carboxylic acids is 1. The molecule has 0 bridgehead atoms. The van der Waals surface area contributed by atoms with Crippen molar-refractivity contribution in [3.8, 4) is 5.75 Å². The van der Waals surface area contributed by atoms with Gasteiger partial charge in [-0.05, 0) is 47.0 Å². The topological polar surface area (TPSA) is 41.6 Å². The van der Waals surface area contributed by atoms with Gasteiger partial charge in [-0.2, -0.15) is 0 Å². The first-order valence-corrected chi connectivity index (χ1v) is 7.44. The number of rotatable bonds is 4. The van der Waals surface area contributed by atoms with Crippen LogP contribution in [0.15, 0.2) is 22.7 Å². The molecule has 2 rings (SSSR count). The van der Waals surface area contributed by atoms with Gasteiger partial charge in [0.25, 0.3) is 5.91 Å². The third kappa shape index (κ3) is 4.67. The van der Waals surface area contributed by atoms with Gasteiger partial charge in [-0.25, -0.2) is 5.01 Å². The third-order valence-electron chi connectivity index (χ3n) is 2.89. The molecular weight excluding hydrogens is 332 g/mol. The molecule has 19 heavy (non-hydrogen) atoms. The average molecular weight is 348 g/mol. The van der Waals surface area contributed by atoms with E-state index in [4.69, 9.17) is 16.3 Å². The number of amides is 1. The fraction of sp³-hybridized carbons (Fsp3) is 0.462. The average Bonchev–Trinajstić information content (AvgIpc) is 2.39. The second-order valence-corrected chi connectivity index (χ2v) is 5.74. The van der Waals surface area contributed by atoms with Gasteiger partial charge in [-0.3, -0.25) is 10.2 Å². The summed E-state index contributed by atoms with van der Waals surface area (Å²) in [6, 6.07) is 5.20. The van der Waals surface area contributed by atoms with Crippen molar-refractivity contribution in [2.75, 3.05) is 19.7 Å². The minimum atomic E-state index is -0.135. The number of halogens is 2. The van der Waals surface area contributed by atoms with E-state index in [1.165, 1.54) is 6.42 Å². The molecule has 0 aliphatic carbocycles. The number of piperidine rings is 1. The fourth-order valence-corrected chi connectivity index (χ4v) is 2.75. The zero-order chi connectivity index (χ0) is 13.7. The lowest BCUT2D eigenvalue weighted by atomic mass is 10.2. The lowest BCUT2D eigenvalue weighted by Gasteiger charge is -2.26. The van der Waals surface area contributed by atoms with E-state index >= 15 is 0 Å². The Morgan fingerprint density at radius 1 is 1.37 bits per heavy atom. The van der Waals surface area contributed by atoms with Crippen LogP contribution in [0, 0.1) is 0 Å². The van der Waals surface area contributed by atoms with Gasteiger partial charge in [-0.1, -0.05) is 18.0 Å². The van der Waals surface area contributed by atoms with Crippen LogP contribution in [0.3, 0.4) is 0 Å². The van der Waals surface area contributed by atoms with Gasteiger partial charge in [-0.15, -0.1) is 0 Å². The molecule has 1 aromatic rings. The molecule has 1 saturated heterocycles. The highest BCUT2D eigenvalue weighted by molar-refractivity contribution is 9.10. The predicted molar refractivity (Wildman–Crippen MR) is 78.2 cm³/mol. The molecule has 0 radical (unpaired) electrons. The van der Waals surface area contributed by atoms with Crippen LogP contribution in [0.2, 0.25) is 5.02 Å². The van der Waals surface area contributed by atoms with Crippen molar-refractivity contribution in [1.29, 1.82) is 0 Å². The Kier molecular flexibility index (Phi) is 5.48. The highest BCUT2D eigenvalue weighted by Crippen LogP contribution is 2.27. The summed E-state index contributed by atoms with van der Waals surface area (Å²) in [5.41, 5.74) is 2.85. The van der Waals surface area contributed by atoms with Crippen LogP contribution in [0.1, 0.15) is 19.3 Å². The summed E-state index contributed by atoms with van der Waals surface area (Å²) in [7, 11) is 0. The molecule has 6 heteroatoms. The number of carbonyl (C=O) groups is 1. The van der Waals surface area contributed by atoms with Gasteiger partial charge in [0.1, 0.15) is 5.75 Å². The number of hydrogen-bond donors (Lipinski definition) is 1. The smallest absolute Gasteiger partial charge is 0.272 e. The second kappa shape index (κ2) is 7.12.